The van der Waals surface area contributed by atoms with Crippen molar-refractivity contribution in [2.24, 2.45) is 0 Å². The molecule has 0 fully saturated rings. The molecule has 448 valence electrons. The van der Waals surface area contributed by atoms with E-state index in [2.05, 4.69) is 118 Å². The molecule has 1 atom stereocenters. The van der Waals surface area contributed by atoms with E-state index in [0.717, 1.165) is 122 Å². The van der Waals surface area contributed by atoms with E-state index in [1.54, 1.807) is 0 Å². The Kier molecular flexibility index (Phi) is 62.7. The summed E-state index contributed by atoms with van der Waals surface area (Å²) < 4.78 is 16.9. The van der Waals surface area contributed by atoms with Crippen LogP contribution < -0.4 is 0 Å². The van der Waals surface area contributed by atoms with Crippen molar-refractivity contribution >= 4 is 17.9 Å². The van der Waals surface area contributed by atoms with Crippen LogP contribution >= 0.6 is 0 Å². The predicted octanol–water partition coefficient (Wildman–Crippen LogP) is 22.8. The summed E-state index contributed by atoms with van der Waals surface area (Å²) >= 11 is 0. The summed E-state index contributed by atoms with van der Waals surface area (Å²) in [7, 11) is 0. The third-order valence-electron chi connectivity index (χ3n) is 14.3. The van der Waals surface area contributed by atoms with Crippen LogP contribution in [0.1, 0.15) is 323 Å². The lowest BCUT2D eigenvalue weighted by Gasteiger charge is -2.18. The Morgan fingerprint density at radius 3 is 0.808 bits per heavy atom. The van der Waals surface area contributed by atoms with E-state index in [0.29, 0.717) is 19.3 Å². The number of carbonyl (C=O) groups is 3. The van der Waals surface area contributed by atoms with Crippen LogP contribution in [-0.2, 0) is 28.6 Å². The zero-order valence-electron chi connectivity index (χ0n) is 51.4. The van der Waals surface area contributed by atoms with Crippen molar-refractivity contribution in [1.29, 1.82) is 0 Å². The smallest absolute Gasteiger partial charge is 0.306 e. The molecule has 0 bridgehead atoms. The number of rotatable bonds is 60. The highest BCUT2D eigenvalue weighted by Crippen LogP contribution is 2.17. The summed E-state index contributed by atoms with van der Waals surface area (Å²) in [6, 6.07) is 0. The van der Waals surface area contributed by atoms with E-state index in [9.17, 15) is 14.4 Å². The fourth-order valence-corrected chi connectivity index (χ4v) is 9.36. The number of esters is 3. The van der Waals surface area contributed by atoms with Gasteiger partial charge in [-0.3, -0.25) is 14.4 Å². The summed E-state index contributed by atoms with van der Waals surface area (Å²) in [5.41, 5.74) is 0. The molecule has 6 heteroatoms. The molecule has 0 radical (unpaired) electrons. The molecular weight excluding hydrogens is 961 g/mol. The topological polar surface area (TPSA) is 78.9 Å². The van der Waals surface area contributed by atoms with Gasteiger partial charge in [0.1, 0.15) is 13.2 Å². The average Bonchev–Trinajstić information content (AvgIpc) is 3.44. The van der Waals surface area contributed by atoms with Gasteiger partial charge in [-0.25, -0.2) is 0 Å². The maximum Gasteiger partial charge on any atom is 0.306 e. The first-order valence-electron chi connectivity index (χ1n) is 33.2. The van der Waals surface area contributed by atoms with Crippen molar-refractivity contribution in [3.8, 4) is 0 Å². The number of ether oxygens (including phenoxy) is 3. The van der Waals surface area contributed by atoms with E-state index < -0.39 is 6.10 Å². The standard InChI is InChI=1S/C72H124O6/c1-4-7-10-13-16-19-22-24-26-27-28-29-30-31-32-33-34-35-36-37-38-39-40-41-42-43-44-45-47-48-50-53-56-59-62-65-71(74)77-68-69(67-76-70(73)64-61-58-55-52-21-18-15-12-9-6-3)78-72(75)66-63-60-57-54-51-49-46-25-23-20-17-14-11-8-5-2/h7,10,16-17,19-20,24-26,28-29,31-32,34-35,46,69H,4-6,8-9,11-15,18,21-23,27,30,33,36-45,47-68H2,1-3H3/b10-7-,19-16-,20-17-,26-24-,29-28-,32-31-,35-34-,46-25-. The van der Waals surface area contributed by atoms with Crippen molar-refractivity contribution in [2.45, 2.75) is 329 Å². The van der Waals surface area contributed by atoms with E-state index >= 15 is 0 Å². The Hall–Kier alpha value is -3.67. The quantitative estimate of drug-likeness (QED) is 0.0261. The zero-order chi connectivity index (χ0) is 56.4. The second-order valence-electron chi connectivity index (χ2n) is 22.0. The number of carbonyl (C=O) groups excluding carboxylic acids is 3. The van der Waals surface area contributed by atoms with Crippen LogP contribution in [0.25, 0.3) is 0 Å². The Morgan fingerprint density at radius 2 is 0.500 bits per heavy atom. The molecule has 0 saturated heterocycles. The fraction of sp³-hybridized carbons (Fsp3) is 0.736. The molecule has 0 spiro atoms. The van der Waals surface area contributed by atoms with Crippen LogP contribution in [0.3, 0.4) is 0 Å². The lowest BCUT2D eigenvalue weighted by molar-refractivity contribution is -0.167. The highest BCUT2D eigenvalue weighted by Gasteiger charge is 2.19. The molecule has 1 unspecified atom stereocenters. The third-order valence-corrected chi connectivity index (χ3v) is 14.3. The first kappa shape index (κ1) is 74.3. The van der Waals surface area contributed by atoms with Crippen molar-refractivity contribution in [2.75, 3.05) is 13.2 Å². The van der Waals surface area contributed by atoms with Gasteiger partial charge in [0.05, 0.1) is 0 Å². The van der Waals surface area contributed by atoms with Gasteiger partial charge in [-0.15, -0.1) is 0 Å². The molecular formula is C72H124O6. The summed E-state index contributed by atoms with van der Waals surface area (Å²) in [6.45, 7) is 6.50. The molecule has 0 aliphatic heterocycles. The number of hydrogen-bond donors (Lipinski definition) is 0. The zero-order valence-corrected chi connectivity index (χ0v) is 51.4. The van der Waals surface area contributed by atoms with Gasteiger partial charge in [-0.2, -0.15) is 0 Å². The molecule has 6 nitrogen and oxygen atoms in total. The third kappa shape index (κ3) is 63.2. The van der Waals surface area contributed by atoms with Crippen molar-refractivity contribution in [1.82, 2.24) is 0 Å². The first-order chi connectivity index (χ1) is 38.5. The van der Waals surface area contributed by atoms with E-state index in [4.69, 9.17) is 14.2 Å². The summed E-state index contributed by atoms with van der Waals surface area (Å²) in [5.74, 6) is -0.882. The minimum absolute atomic E-state index is 0.0783. The van der Waals surface area contributed by atoms with Crippen molar-refractivity contribution < 1.29 is 28.6 Å². The first-order valence-corrected chi connectivity index (χ1v) is 33.2. The van der Waals surface area contributed by atoms with E-state index in [1.807, 2.05) is 0 Å². The van der Waals surface area contributed by atoms with Crippen LogP contribution in [0.4, 0.5) is 0 Å². The Morgan fingerprint density at radius 1 is 0.269 bits per heavy atom. The second-order valence-corrected chi connectivity index (χ2v) is 22.0. The van der Waals surface area contributed by atoms with Crippen LogP contribution in [0.5, 0.6) is 0 Å². The maximum atomic E-state index is 12.9. The van der Waals surface area contributed by atoms with Gasteiger partial charge in [0.2, 0.25) is 0 Å². The summed E-state index contributed by atoms with van der Waals surface area (Å²) in [5, 5.41) is 0. The van der Waals surface area contributed by atoms with Gasteiger partial charge in [0.15, 0.2) is 6.10 Å². The number of unbranched alkanes of at least 4 members (excludes halogenated alkanes) is 33. The van der Waals surface area contributed by atoms with Gasteiger partial charge in [0, 0.05) is 19.3 Å². The molecule has 0 N–H and O–H groups in total. The van der Waals surface area contributed by atoms with Gasteiger partial charge < -0.3 is 14.2 Å². The highest BCUT2D eigenvalue weighted by molar-refractivity contribution is 5.71. The minimum atomic E-state index is -0.781. The average molecular weight is 1090 g/mol. The molecule has 0 aromatic heterocycles. The molecule has 0 aliphatic carbocycles. The molecule has 0 saturated carbocycles. The van der Waals surface area contributed by atoms with Gasteiger partial charge in [-0.05, 0) is 103 Å². The fourth-order valence-electron chi connectivity index (χ4n) is 9.36. The van der Waals surface area contributed by atoms with Crippen LogP contribution in [0, 0.1) is 0 Å². The predicted molar refractivity (Wildman–Crippen MR) is 339 cm³/mol. The van der Waals surface area contributed by atoms with Crippen LogP contribution in [0.15, 0.2) is 97.2 Å². The molecule has 0 heterocycles. The Labute approximate surface area is 483 Å². The SMILES string of the molecule is CC/C=C\C/C=C\C/C=C\C/C=C\C/C=C\C/C=C\CCCCCCCCCCCCCCCCCCC(=O)OCC(COC(=O)CCCCCCCCCCCC)OC(=O)CCCCCCC/C=C\C/C=C\CCCCC. The number of allylic oxidation sites excluding steroid dienone is 16. The largest absolute Gasteiger partial charge is 0.462 e. The molecule has 0 aromatic carbocycles. The minimum Gasteiger partial charge on any atom is -0.462 e. The van der Waals surface area contributed by atoms with Gasteiger partial charge in [-0.1, -0.05) is 298 Å². The molecule has 0 aliphatic rings. The van der Waals surface area contributed by atoms with Crippen molar-refractivity contribution in [3.05, 3.63) is 97.2 Å². The Bertz CT molecular complexity index is 1530. The van der Waals surface area contributed by atoms with Crippen LogP contribution in [0.2, 0.25) is 0 Å². The summed E-state index contributed by atoms with van der Waals surface area (Å²) in [6.07, 6.45) is 88.7. The monoisotopic (exact) mass is 1080 g/mol. The maximum absolute atomic E-state index is 12.9. The van der Waals surface area contributed by atoms with E-state index in [-0.39, 0.29) is 31.1 Å². The second kappa shape index (κ2) is 65.8. The lowest BCUT2D eigenvalue weighted by Crippen LogP contribution is -2.30. The molecule has 0 rings (SSSR count). The van der Waals surface area contributed by atoms with Crippen LogP contribution in [-0.4, -0.2) is 37.2 Å². The number of hydrogen-bond acceptors (Lipinski definition) is 6. The van der Waals surface area contributed by atoms with Gasteiger partial charge in [0.25, 0.3) is 0 Å². The lowest BCUT2D eigenvalue weighted by atomic mass is 10.0. The molecule has 0 amide bonds. The molecule has 0 aromatic rings. The van der Waals surface area contributed by atoms with Crippen molar-refractivity contribution in [3.63, 3.8) is 0 Å². The Balaban J connectivity index is 4.09. The van der Waals surface area contributed by atoms with Gasteiger partial charge >= 0.3 is 17.9 Å². The molecule has 78 heavy (non-hydrogen) atoms. The van der Waals surface area contributed by atoms with E-state index in [1.165, 1.54) is 161 Å². The normalized spacial score (nSPS) is 12.7. The highest BCUT2D eigenvalue weighted by atomic mass is 16.6. The summed E-state index contributed by atoms with van der Waals surface area (Å²) in [4.78, 5) is 38.2.